The van der Waals surface area contributed by atoms with Crippen LogP contribution in [0.4, 0.5) is 4.39 Å². The number of hydrogen-bond acceptors (Lipinski definition) is 2. The summed E-state index contributed by atoms with van der Waals surface area (Å²) in [5.41, 5.74) is 0.861. The summed E-state index contributed by atoms with van der Waals surface area (Å²) >= 11 is 1.50. The van der Waals surface area contributed by atoms with Crippen LogP contribution >= 0.6 is 11.3 Å². The molecule has 0 atom stereocenters. The first-order chi connectivity index (χ1) is 5.79. The van der Waals surface area contributed by atoms with Crippen LogP contribution in [0.3, 0.4) is 0 Å². The van der Waals surface area contributed by atoms with E-state index < -0.39 is 0 Å². The highest BCUT2D eigenvalue weighted by molar-refractivity contribution is 7.18. The standard InChI is InChI=1S/C9H7FNS/c1-2-9-11-7-4-3-6(10)5-8(7)12-9/h3-5H,1-2H2. The molecular weight excluding hydrogens is 173 g/mol. The quantitative estimate of drug-likeness (QED) is 0.657. The van der Waals surface area contributed by atoms with E-state index in [1.807, 2.05) is 0 Å². The minimum atomic E-state index is -0.207. The van der Waals surface area contributed by atoms with Crippen molar-refractivity contribution < 1.29 is 4.39 Å². The number of rotatable bonds is 1. The fourth-order valence-electron chi connectivity index (χ4n) is 1.05. The van der Waals surface area contributed by atoms with Gasteiger partial charge in [-0.15, -0.1) is 11.3 Å². The maximum atomic E-state index is 12.7. The van der Waals surface area contributed by atoms with Crippen molar-refractivity contribution in [2.24, 2.45) is 0 Å². The zero-order chi connectivity index (χ0) is 8.55. The highest BCUT2D eigenvalue weighted by atomic mass is 32.1. The Bertz CT molecular complexity index is 408. The van der Waals surface area contributed by atoms with Crippen molar-refractivity contribution in [2.45, 2.75) is 6.42 Å². The molecule has 0 saturated carbocycles. The zero-order valence-electron chi connectivity index (χ0n) is 6.38. The molecule has 0 unspecified atom stereocenters. The Morgan fingerprint density at radius 3 is 3.08 bits per heavy atom. The Kier molecular flexibility index (Phi) is 1.81. The van der Waals surface area contributed by atoms with Gasteiger partial charge in [0, 0.05) is 0 Å². The normalized spacial score (nSPS) is 10.8. The molecule has 61 valence electrons. The average Bonchev–Trinajstić information content (AvgIpc) is 2.46. The Hall–Kier alpha value is -0.960. The van der Waals surface area contributed by atoms with Crippen LogP contribution in [0.15, 0.2) is 18.2 Å². The monoisotopic (exact) mass is 180 g/mol. The Labute approximate surface area is 73.9 Å². The molecule has 2 aromatic rings. The van der Waals surface area contributed by atoms with Crippen LogP contribution in [0.25, 0.3) is 10.2 Å². The summed E-state index contributed by atoms with van der Waals surface area (Å²) in [6.07, 6.45) is 0.668. The number of thiazole rings is 1. The second kappa shape index (κ2) is 2.83. The summed E-state index contributed by atoms with van der Waals surface area (Å²) in [6, 6.07) is 4.63. The van der Waals surface area contributed by atoms with Gasteiger partial charge in [0.25, 0.3) is 0 Å². The Morgan fingerprint density at radius 2 is 2.33 bits per heavy atom. The molecule has 0 saturated heterocycles. The van der Waals surface area contributed by atoms with Gasteiger partial charge < -0.3 is 0 Å². The minimum absolute atomic E-state index is 0.207. The van der Waals surface area contributed by atoms with E-state index in [2.05, 4.69) is 11.9 Å². The Morgan fingerprint density at radius 1 is 1.50 bits per heavy atom. The molecule has 12 heavy (non-hydrogen) atoms. The first kappa shape index (κ1) is 7.68. The molecular formula is C9H7FNS. The molecule has 1 aromatic carbocycles. The van der Waals surface area contributed by atoms with Crippen LogP contribution in [0, 0.1) is 12.7 Å². The first-order valence-electron chi connectivity index (χ1n) is 3.64. The molecule has 3 heteroatoms. The molecule has 0 aliphatic carbocycles. The summed E-state index contributed by atoms with van der Waals surface area (Å²) in [4.78, 5) is 4.26. The van der Waals surface area contributed by atoms with E-state index in [9.17, 15) is 4.39 Å². The second-order valence-electron chi connectivity index (χ2n) is 2.47. The lowest BCUT2D eigenvalue weighted by atomic mass is 10.3. The SMILES string of the molecule is [CH2]Cc1nc2ccc(F)cc2s1. The van der Waals surface area contributed by atoms with Crippen LogP contribution in [-0.4, -0.2) is 4.98 Å². The smallest absolute Gasteiger partial charge is 0.124 e. The molecule has 1 radical (unpaired) electrons. The number of aromatic nitrogens is 1. The summed E-state index contributed by atoms with van der Waals surface area (Å²) in [7, 11) is 0. The second-order valence-corrected chi connectivity index (χ2v) is 3.58. The molecule has 0 aliphatic heterocycles. The molecule has 0 spiro atoms. The molecule has 1 heterocycles. The molecule has 0 bridgehead atoms. The van der Waals surface area contributed by atoms with Gasteiger partial charge in [-0.2, -0.15) is 0 Å². The minimum Gasteiger partial charge on any atom is -0.241 e. The maximum Gasteiger partial charge on any atom is 0.124 e. The number of fused-ring (bicyclic) bond motifs is 1. The van der Waals surface area contributed by atoms with E-state index >= 15 is 0 Å². The van der Waals surface area contributed by atoms with E-state index in [1.165, 1.54) is 23.5 Å². The van der Waals surface area contributed by atoms with Crippen molar-refractivity contribution >= 4 is 21.6 Å². The van der Waals surface area contributed by atoms with Crippen molar-refractivity contribution in [3.05, 3.63) is 35.9 Å². The third-order valence-electron chi connectivity index (χ3n) is 1.61. The van der Waals surface area contributed by atoms with Gasteiger partial charge in [-0.1, -0.05) is 0 Å². The zero-order valence-corrected chi connectivity index (χ0v) is 7.20. The maximum absolute atomic E-state index is 12.7. The van der Waals surface area contributed by atoms with Crippen molar-refractivity contribution in [3.63, 3.8) is 0 Å². The van der Waals surface area contributed by atoms with Crippen molar-refractivity contribution in [1.29, 1.82) is 0 Å². The largest absolute Gasteiger partial charge is 0.241 e. The lowest BCUT2D eigenvalue weighted by Crippen LogP contribution is -1.74. The number of benzene rings is 1. The van der Waals surface area contributed by atoms with Crippen LogP contribution in [-0.2, 0) is 6.42 Å². The van der Waals surface area contributed by atoms with Crippen LogP contribution in [0.2, 0.25) is 0 Å². The fraction of sp³-hybridized carbons (Fsp3) is 0.111. The summed E-state index contributed by atoms with van der Waals surface area (Å²) in [5.74, 6) is -0.207. The van der Waals surface area contributed by atoms with E-state index in [0.29, 0.717) is 6.42 Å². The average molecular weight is 180 g/mol. The third-order valence-corrected chi connectivity index (χ3v) is 2.69. The van der Waals surface area contributed by atoms with Crippen LogP contribution in [0.5, 0.6) is 0 Å². The molecule has 0 amide bonds. The predicted octanol–water partition coefficient (Wildman–Crippen LogP) is 2.81. The number of halogens is 1. The first-order valence-corrected chi connectivity index (χ1v) is 4.45. The molecule has 0 fully saturated rings. The van der Waals surface area contributed by atoms with Gasteiger partial charge in [-0.25, -0.2) is 9.37 Å². The van der Waals surface area contributed by atoms with E-state index in [4.69, 9.17) is 0 Å². The Balaban J connectivity index is 2.67. The van der Waals surface area contributed by atoms with Crippen molar-refractivity contribution in [3.8, 4) is 0 Å². The molecule has 1 nitrogen and oxygen atoms in total. The molecule has 0 aliphatic rings. The van der Waals surface area contributed by atoms with Crippen LogP contribution in [0.1, 0.15) is 5.01 Å². The van der Waals surface area contributed by atoms with Crippen molar-refractivity contribution in [1.82, 2.24) is 4.98 Å². The van der Waals surface area contributed by atoms with Gasteiger partial charge in [-0.05, 0) is 31.5 Å². The van der Waals surface area contributed by atoms with E-state index in [1.54, 1.807) is 6.07 Å². The van der Waals surface area contributed by atoms with Gasteiger partial charge in [0.15, 0.2) is 0 Å². The summed E-state index contributed by atoms with van der Waals surface area (Å²) < 4.78 is 13.6. The molecule has 1 aromatic heterocycles. The van der Waals surface area contributed by atoms with Crippen LogP contribution < -0.4 is 0 Å². The van der Waals surface area contributed by atoms with E-state index in [0.717, 1.165) is 15.2 Å². The number of nitrogens with zero attached hydrogens (tertiary/aromatic N) is 1. The number of hydrogen-bond donors (Lipinski definition) is 0. The van der Waals surface area contributed by atoms with Gasteiger partial charge >= 0.3 is 0 Å². The van der Waals surface area contributed by atoms with Gasteiger partial charge in [0.05, 0.1) is 15.2 Å². The lowest BCUT2D eigenvalue weighted by molar-refractivity contribution is 0.630. The van der Waals surface area contributed by atoms with Gasteiger partial charge in [0.1, 0.15) is 5.82 Å². The third kappa shape index (κ3) is 1.20. The molecule has 2 rings (SSSR count). The van der Waals surface area contributed by atoms with Gasteiger partial charge in [-0.3, -0.25) is 0 Å². The molecule has 0 N–H and O–H groups in total. The van der Waals surface area contributed by atoms with Gasteiger partial charge in [0.2, 0.25) is 0 Å². The highest BCUT2D eigenvalue weighted by Gasteiger charge is 2.01. The predicted molar refractivity (Wildman–Crippen MR) is 48.6 cm³/mol. The fourth-order valence-corrected chi connectivity index (χ4v) is 1.94. The summed E-state index contributed by atoms with van der Waals surface area (Å²) in [5, 5.41) is 0.954. The van der Waals surface area contributed by atoms with Crippen molar-refractivity contribution in [2.75, 3.05) is 0 Å². The highest BCUT2D eigenvalue weighted by Crippen LogP contribution is 2.22. The topological polar surface area (TPSA) is 12.9 Å². The van der Waals surface area contributed by atoms with E-state index in [-0.39, 0.29) is 5.82 Å². The lowest BCUT2D eigenvalue weighted by Gasteiger charge is -1.85. The summed E-state index contributed by atoms with van der Waals surface area (Å²) in [6.45, 7) is 3.73.